The van der Waals surface area contributed by atoms with E-state index in [1.807, 2.05) is 0 Å². The summed E-state index contributed by atoms with van der Waals surface area (Å²) in [5.74, 6) is 2.30. The van der Waals surface area contributed by atoms with E-state index in [-0.39, 0.29) is 0 Å². The van der Waals surface area contributed by atoms with Gasteiger partial charge in [0, 0.05) is 12.3 Å². The van der Waals surface area contributed by atoms with Gasteiger partial charge in [-0.1, -0.05) is 20.8 Å². The van der Waals surface area contributed by atoms with Gasteiger partial charge in [-0.05, 0) is 30.1 Å². The molecule has 0 aliphatic heterocycles. The van der Waals surface area contributed by atoms with Crippen LogP contribution in [0.15, 0.2) is 0 Å². The Morgan fingerprint density at radius 1 is 1.33 bits per heavy atom. The van der Waals surface area contributed by atoms with Gasteiger partial charge in [-0.25, -0.2) is 0 Å². The Balaban J connectivity index is 2.29. The third-order valence-electron chi connectivity index (χ3n) is 3.98. The quantitative estimate of drug-likeness (QED) is 0.540. The molecule has 2 fully saturated rings. The zero-order valence-electron chi connectivity index (χ0n) is 8.26. The first-order valence-corrected chi connectivity index (χ1v) is 5.05. The van der Waals surface area contributed by atoms with Crippen molar-refractivity contribution in [3.05, 3.63) is 0 Å². The lowest BCUT2D eigenvalue weighted by atomic mass is 9.79. The summed E-state index contributed by atoms with van der Waals surface area (Å²) in [4.78, 5) is 11.7. The molecule has 2 aliphatic carbocycles. The van der Waals surface area contributed by atoms with Gasteiger partial charge < -0.3 is 0 Å². The van der Waals surface area contributed by atoms with Gasteiger partial charge in [0.2, 0.25) is 0 Å². The van der Waals surface area contributed by atoms with Crippen molar-refractivity contribution in [1.29, 1.82) is 0 Å². The van der Waals surface area contributed by atoms with Gasteiger partial charge in [0.05, 0.1) is 0 Å². The summed E-state index contributed by atoms with van der Waals surface area (Å²) < 4.78 is 0. The average Bonchev–Trinajstić information content (AvgIpc) is 2.38. The molecule has 0 bridgehead atoms. The lowest BCUT2D eigenvalue weighted by molar-refractivity contribution is -0.122. The van der Waals surface area contributed by atoms with Crippen molar-refractivity contribution in [1.82, 2.24) is 0 Å². The van der Waals surface area contributed by atoms with Crippen molar-refractivity contribution in [3.63, 3.8) is 0 Å². The van der Waals surface area contributed by atoms with Crippen molar-refractivity contribution >= 4 is 5.78 Å². The largest absolute Gasteiger partial charge is 0.299 e. The second-order valence-corrected chi connectivity index (χ2v) is 5.32. The van der Waals surface area contributed by atoms with Gasteiger partial charge in [-0.3, -0.25) is 4.79 Å². The van der Waals surface area contributed by atoms with Crippen LogP contribution >= 0.6 is 0 Å². The highest BCUT2D eigenvalue weighted by Crippen LogP contribution is 2.54. The van der Waals surface area contributed by atoms with E-state index in [9.17, 15) is 4.79 Å². The molecular weight excluding hydrogens is 148 g/mol. The van der Waals surface area contributed by atoms with Crippen molar-refractivity contribution in [2.75, 3.05) is 0 Å². The molecule has 0 saturated heterocycles. The lowest BCUT2D eigenvalue weighted by Gasteiger charge is -2.24. The van der Waals surface area contributed by atoms with E-state index < -0.39 is 0 Å². The highest BCUT2D eigenvalue weighted by molar-refractivity contribution is 5.85. The smallest absolute Gasteiger partial charge is 0.137 e. The van der Waals surface area contributed by atoms with E-state index in [4.69, 9.17) is 0 Å². The summed E-state index contributed by atoms with van der Waals surface area (Å²) in [6.07, 6.45) is 3.38. The molecule has 0 amide bonds. The van der Waals surface area contributed by atoms with E-state index in [1.54, 1.807) is 0 Å². The standard InChI is InChI=1S/C11H18O/c1-7-4-5-8-10(7)9(12)6-11(8,2)3/h7-8,10H,4-6H2,1-3H3/t7?,8-,10+/m0/s1. The predicted molar refractivity (Wildman–Crippen MR) is 48.8 cm³/mol. The molecule has 12 heavy (non-hydrogen) atoms. The number of carbonyl (C=O) groups is 1. The van der Waals surface area contributed by atoms with Crippen LogP contribution in [0.5, 0.6) is 0 Å². The zero-order valence-corrected chi connectivity index (χ0v) is 8.26. The maximum Gasteiger partial charge on any atom is 0.137 e. The molecule has 0 heterocycles. The molecule has 68 valence electrons. The summed E-state index contributed by atoms with van der Waals surface area (Å²) in [7, 11) is 0. The molecule has 0 N–H and O–H groups in total. The molecule has 0 aromatic rings. The van der Waals surface area contributed by atoms with Crippen LogP contribution in [0.4, 0.5) is 0 Å². The van der Waals surface area contributed by atoms with Crippen LogP contribution in [-0.4, -0.2) is 5.78 Å². The number of rotatable bonds is 0. The highest BCUT2D eigenvalue weighted by atomic mass is 16.1. The zero-order chi connectivity index (χ0) is 8.93. The third-order valence-corrected chi connectivity index (χ3v) is 3.98. The normalized spacial score (nSPS) is 44.9. The van der Waals surface area contributed by atoms with Crippen LogP contribution in [0.1, 0.15) is 40.0 Å². The number of hydrogen-bond donors (Lipinski definition) is 0. The number of hydrogen-bond acceptors (Lipinski definition) is 1. The van der Waals surface area contributed by atoms with Crippen molar-refractivity contribution in [2.45, 2.75) is 40.0 Å². The minimum Gasteiger partial charge on any atom is -0.299 e. The van der Waals surface area contributed by atoms with Crippen LogP contribution in [0.25, 0.3) is 0 Å². The van der Waals surface area contributed by atoms with Gasteiger partial charge in [0.25, 0.3) is 0 Å². The number of ketones is 1. The van der Waals surface area contributed by atoms with Crippen LogP contribution in [0.2, 0.25) is 0 Å². The molecule has 0 spiro atoms. The highest BCUT2D eigenvalue weighted by Gasteiger charge is 2.52. The Hall–Kier alpha value is -0.330. The van der Waals surface area contributed by atoms with Gasteiger partial charge >= 0.3 is 0 Å². The molecular formula is C11H18O. The summed E-state index contributed by atoms with van der Waals surface area (Å²) in [6.45, 7) is 6.76. The van der Waals surface area contributed by atoms with Gasteiger partial charge in [-0.15, -0.1) is 0 Å². The Labute approximate surface area is 74.5 Å². The summed E-state index contributed by atoms with van der Waals surface area (Å²) in [5.41, 5.74) is 0.298. The maximum atomic E-state index is 11.7. The molecule has 1 nitrogen and oxygen atoms in total. The summed E-state index contributed by atoms with van der Waals surface area (Å²) in [5, 5.41) is 0. The fourth-order valence-electron chi connectivity index (χ4n) is 3.31. The molecule has 2 saturated carbocycles. The Bertz CT molecular complexity index is 217. The number of Topliss-reactive ketones (excluding diaryl/α,β-unsaturated/α-hetero) is 1. The lowest BCUT2D eigenvalue weighted by Crippen LogP contribution is -2.19. The maximum absolute atomic E-state index is 11.7. The van der Waals surface area contributed by atoms with Gasteiger partial charge in [0.1, 0.15) is 5.78 Å². The van der Waals surface area contributed by atoms with E-state index >= 15 is 0 Å². The van der Waals surface area contributed by atoms with Crippen molar-refractivity contribution in [2.24, 2.45) is 23.2 Å². The molecule has 0 radical (unpaired) electrons. The van der Waals surface area contributed by atoms with E-state index in [0.717, 1.165) is 6.42 Å². The monoisotopic (exact) mass is 166 g/mol. The first-order valence-electron chi connectivity index (χ1n) is 5.05. The average molecular weight is 166 g/mol. The van der Waals surface area contributed by atoms with Crippen LogP contribution in [0.3, 0.4) is 0 Å². The summed E-state index contributed by atoms with van der Waals surface area (Å²) >= 11 is 0. The SMILES string of the molecule is CC1CC[C@H]2[C@@H]1C(=O)CC2(C)C. The summed E-state index contributed by atoms with van der Waals surface area (Å²) in [6, 6.07) is 0. The second kappa shape index (κ2) is 2.34. The third kappa shape index (κ3) is 0.949. The molecule has 0 aromatic heterocycles. The van der Waals surface area contributed by atoms with E-state index in [0.29, 0.717) is 29.0 Å². The topological polar surface area (TPSA) is 17.1 Å². The van der Waals surface area contributed by atoms with Crippen LogP contribution in [-0.2, 0) is 4.79 Å². The first kappa shape index (κ1) is 8.28. The van der Waals surface area contributed by atoms with Crippen LogP contribution in [0, 0.1) is 23.2 Å². The fraction of sp³-hybridized carbons (Fsp3) is 0.909. The molecule has 2 aliphatic rings. The first-order chi connectivity index (χ1) is 5.52. The van der Waals surface area contributed by atoms with E-state index in [1.165, 1.54) is 12.8 Å². The van der Waals surface area contributed by atoms with Crippen LogP contribution < -0.4 is 0 Å². The molecule has 1 heteroatoms. The predicted octanol–water partition coefficient (Wildman–Crippen LogP) is 2.65. The second-order valence-electron chi connectivity index (χ2n) is 5.32. The number of carbonyl (C=O) groups excluding carboxylic acids is 1. The molecule has 2 rings (SSSR count). The van der Waals surface area contributed by atoms with Gasteiger partial charge in [-0.2, -0.15) is 0 Å². The van der Waals surface area contributed by atoms with Crippen molar-refractivity contribution in [3.8, 4) is 0 Å². The van der Waals surface area contributed by atoms with Gasteiger partial charge in [0.15, 0.2) is 0 Å². The molecule has 1 unspecified atom stereocenters. The Morgan fingerprint density at radius 2 is 2.00 bits per heavy atom. The van der Waals surface area contributed by atoms with E-state index in [2.05, 4.69) is 20.8 Å². The Morgan fingerprint density at radius 3 is 2.58 bits per heavy atom. The Kier molecular flexibility index (Phi) is 1.61. The fourth-order valence-corrected chi connectivity index (χ4v) is 3.31. The minimum absolute atomic E-state index is 0.298. The number of fused-ring (bicyclic) bond motifs is 1. The van der Waals surface area contributed by atoms with Crippen molar-refractivity contribution < 1.29 is 4.79 Å². The molecule has 0 aromatic carbocycles. The minimum atomic E-state index is 0.298. The molecule has 3 atom stereocenters.